The molecular formula is C11H18N2. The van der Waals surface area contributed by atoms with Crippen LogP contribution in [-0.4, -0.2) is 25.0 Å². The van der Waals surface area contributed by atoms with E-state index < -0.39 is 0 Å². The summed E-state index contributed by atoms with van der Waals surface area (Å²) >= 11 is 0. The molecule has 2 unspecified atom stereocenters. The van der Waals surface area contributed by atoms with E-state index in [0.717, 1.165) is 12.3 Å². The Morgan fingerprint density at radius 1 is 1.38 bits per heavy atom. The maximum Gasteiger partial charge on any atom is 0.0661 e. The van der Waals surface area contributed by atoms with Crippen LogP contribution >= 0.6 is 0 Å². The van der Waals surface area contributed by atoms with Crippen LogP contribution in [0.4, 0.5) is 0 Å². The highest BCUT2D eigenvalue weighted by atomic mass is 15.1. The van der Waals surface area contributed by atoms with Gasteiger partial charge < -0.3 is 4.90 Å². The molecule has 1 aliphatic carbocycles. The zero-order valence-electron chi connectivity index (χ0n) is 8.58. The Bertz CT molecular complexity index is 235. The summed E-state index contributed by atoms with van der Waals surface area (Å²) in [7, 11) is 2.19. The van der Waals surface area contributed by atoms with Crippen LogP contribution in [-0.2, 0) is 0 Å². The first-order chi connectivity index (χ1) is 6.16. The molecule has 2 rings (SSSR count). The molecule has 1 saturated carbocycles. The Hall–Kier alpha value is -0.550. The molecule has 2 aliphatic rings. The van der Waals surface area contributed by atoms with Crippen LogP contribution in [0.2, 0.25) is 0 Å². The Kier molecular flexibility index (Phi) is 2.08. The molecule has 2 atom stereocenters. The Morgan fingerprint density at radius 2 is 2.00 bits per heavy atom. The highest BCUT2D eigenvalue weighted by molar-refractivity contribution is 5.13. The van der Waals surface area contributed by atoms with Crippen molar-refractivity contribution in [1.82, 2.24) is 4.90 Å². The van der Waals surface area contributed by atoms with E-state index in [9.17, 15) is 0 Å². The second-order valence-electron chi connectivity index (χ2n) is 4.97. The number of hydrogen-bond donors (Lipinski definition) is 0. The van der Waals surface area contributed by atoms with Gasteiger partial charge in [0.1, 0.15) is 0 Å². The van der Waals surface area contributed by atoms with Gasteiger partial charge in [0.2, 0.25) is 0 Å². The van der Waals surface area contributed by atoms with Gasteiger partial charge in [0.25, 0.3) is 0 Å². The molecule has 1 aliphatic heterocycles. The molecule has 72 valence electrons. The lowest BCUT2D eigenvalue weighted by Gasteiger charge is -2.33. The van der Waals surface area contributed by atoms with Crippen molar-refractivity contribution < 1.29 is 0 Å². The molecule has 0 aromatic heterocycles. The molecule has 0 aromatic carbocycles. The van der Waals surface area contributed by atoms with E-state index in [2.05, 4.69) is 24.9 Å². The molecule has 13 heavy (non-hydrogen) atoms. The third-order valence-corrected chi connectivity index (χ3v) is 4.09. The molecule has 1 saturated heterocycles. The topological polar surface area (TPSA) is 27.0 Å². The predicted octanol–water partition coefficient (Wildman–Crippen LogP) is 1.88. The van der Waals surface area contributed by atoms with Gasteiger partial charge in [0, 0.05) is 0 Å². The highest BCUT2D eigenvalue weighted by Crippen LogP contribution is 2.59. The van der Waals surface area contributed by atoms with Crippen LogP contribution in [0, 0.1) is 28.6 Å². The summed E-state index contributed by atoms with van der Waals surface area (Å²) in [5.74, 6) is 1.18. The minimum atomic E-state index is 0.362. The summed E-state index contributed by atoms with van der Waals surface area (Å²) in [6, 6.07) is 2.42. The summed E-state index contributed by atoms with van der Waals surface area (Å²) in [5, 5.41) is 8.86. The van der Waals surface area contributed by atoms with Crippen LogP contribution in [0.3, 0.4) is 0 Å². The minimum absolute atomic E-state index is 0.362. The molecule has 0 bridgehead atoms. The normalized spacial score (nSPS) is 41.5. The maximum atomic E-state index is 8.86. The molecule has 0 spiro atoms. The second kappa shape index (κ2) is 2.99. The van der Waals surface area contributed by atoms with Gasteiger partial charge in [-0.05, 0) is 50.7 Å². The molecule has 2 nitrogen and oxygen atoms in total. The third kappa shape index (κ3) is 1.46. The summed E-state index contributed by atoms with van der Waals surface area (Å²) < 4.78 is 0. The molecule has 2 heteroatoms. The van der Waals surface area contributed by atoms with Crippen molar-refractivity contribution in [2.45, 2.75) is 26.2 Å². The lowest BCUT2D eigenvalue weighted by atomic mass is 9.81. The molecule has 1 heterocycles. The van der Waals surface area contributed by atoms with Crippen molar-refractivity contribution in [3.8, 4) is 6.07 Å². The number of rotatable bonds is 1. The van der Waals surface area contributed by atoms with E-state index in [1.54, 1.807) is 0 Å². The quantitative estimate of drug-likeness (QED) is 0.613. The van der Waals surface area contributed by atoms with E-state index in [-0.39, 0.29) is 0 Å². The SMILES string of the molecule is CN1CCC(C2(C)CC2C#N)CC1. The summed E-state index contributed by atoms with van der Waals surface area (Å²) in [4.78, 5) is 2.39. The maximum absolute atomic E-state index is 8.86. The molecule has 0 N–H and O–H groups in total. The van der Waals surface area contributed by atoms with Crippen molar-refractivity contribution in [3.63, 3.8) is 0 Å². The van der Waals surface area contributed by atoms with E-state index in [1.807, 2.05) is 0 Å². The van der Waals surface area contributed by atoms with E-state index in [1.165, 1.54) is 25.9 Å². The largest absolute Gasteiger partial charge is 0.306 e. The Balaban J connectivity index is 1.93. The lowest BCUT2D eigenvalue weighted by Crippen LogP contribution is -2.33. The second-order valence-corrected chi connectivity index (χ2v) is 4.97. The van der Waals surface area contributed by atoms with Crippen molar-refractivity contribution in [2.75, 3.05) is 20.1 Å². The highest BCUT2D eigenvalue weighted by Gasteiger charge is 2.55. The standard InChI is InChI=1S/C11H18N2/c1-11(7-10(11)8-12)9-3-5-13(2)6-4-9/h9-10H,3-7H2,1-2H3. The van der Waals surface area contributed by atoms with Gasteiger partial charge in [-0.3, -0.25) is 0 Å². The zero-order chi connectivity index (χ0) is 9.47. The van der Waals surface area contributed by atoms with Crippen molar-refractivity contribution in [3.05, 3.63) is 0 Å². The third-order valence-electron chi connectivity index (χ3n) is 4.09. The van der Waals surface area contributed by atoms with E-state index in [4.69, 9.17) is 5.26 Å². The Morgan fingerprint density at radius 3 is 2.46 bits per heavy atom. The van der Waals surface area contributed by atoms with Crippen LogP contribution < -0.4 is 0 Å². The van der Waals surface area contributed by atoms with Crippen LogP contribution in [0.25, 0.3) is 0 Å². The first kappa shape index (κ1) is 9.02. The van der Waals surface area contributed by atoms with Gasteiger partial charge in [0.05, 0.1) is 12.0 Å². The molecule has 0 aromatic rings. The van der Waals surface area contributed by atoms with Gasteiger partial charge >= 0.3 is 0 Å². The fourth-order valence-corrected chi connectivity index (χ4v) is 2.69. The van der Waals surface area contributed by atoms with Crippen LogP contribution in [0.15, 0.2) is 0 Å². The van der Waals surface area contributed by atoms with Gasteiger partial charge in [0.15, 0.2) is 0 Å². The van der Waals surface area contributed by atoms with Crippen molar-refractivity contribution in [2.24, 2.45) is 17.3 Å². The smallest absolute Gasteiger partial charge is 0.0661 e. The van der Waals surface area contributed by atoms with Gasteiger partial charge in [-0.25, -0.2) is 0 Å². The summed E-state index contributed by atoms with van der Waals surface area (Å²) in [6.07, 6.45) is 3.74. The van der Waals surface area contributed by atoms with Crippen LogP contribution in [0.1, 0.15) is 26.2 Å². The number of nitriles is 1. The first-order valence-corrected chi connectivity index (χ1v) is 5.25. The monoisotopic (exact) mass is 178 g/mol. The van der Waals surface area contributed by atoms with E-state index >= 15 is 0 Å². The minimum Gasteiger partial charge on any atom is -0.306 e. The van der Waals surface area contributed by atoms with Gasteiger partial charge in [-0.2, -0.15) is 5.26 Å². The lowest BCUT2D eigenvalue weighted by molar-refractivity contribution is 0.162. The molecule has 2 fully saturated rings. The average Bonchev–Trinajstić information content (AvgIpc) is 2.80. The number of likely N-dealkylation sites (tertiary alicyclic amines) is 1. The number of hydrogen-bond acceptors (Lipinski definition) is 2. The fourth-order valence-electron chi connectivity index (χ4n) is 2.69. The number of piperidine rings is 1. The number of nitrogens with zero attached hydrogens (tertiary/aromatic N) is 2. The Labute approximate surface area is 80.5 Å². The summed E-state index contributed by atoms with van der Waals surface area (Å²) in [6.45, 7) is 4.74. The fraction of sp³-hybridized carbons (Fsp3) is 0.909. The van der Waals surface area contributed by atoms with E-state index in [0.29, 0.717) is 11.3 Å². The average molecular weight is 178 g/mol. The summed E-state index contributed by atoms with van der Waals surface area (Å²) in [5.41, 5.74) is 0.385. The molecular weight excluding hydrogens is 160 g/mol. The van der Waals surface area contributed by atoms with Gasteiger partial charge in [-0.1, -0.05) is 6.92 Å². The molecule has 0 amide bonds. The molecule has 0 radical (unpaired) electrons. The van der Waals surface area contributed by atoms with Crippen molar-refractivity contribution in [1.29, 1.82) is 5.26 Å². The zero-order valence-corrected chi connectivity index (χ0v) is 8.58. The van der Waals surface area contributed by atoms with Crippen molar-refractivity contribution >= 4 is 0 Å². The van der Waals surface area contributed by atoms with Gasteiger partial charge in [-0.15, -0.1) is 0 Å². The predicted molar refractivity (Wildman–Crippen MR) is 52.0 cm³/mol. The first-order valence-electron chi connectivity index (χ1n) is 5.25. The van der Waals surface area contributed by atoms with Crippen LogP contribution in [0.5, 0.6) is 0 Å².